The number of hydrogen-bond donors (Lipinski definition) is 1. The van der Waals surface area contributed by atoms with Gasteiger partial charge in [0.1, 0.15) is 0 Å². The van der Waals surface area contributed by atoms with Gasteiger partial charge in [-0.15, -0.1) is 0 Å². The van der Waals surface area contributed by atoms with Crippen LogP contribution in [0.4, 0.5) is 8.78 Å². The summed E-state index contributed by atoms with van der Waals surface area (Å²) in [7, 11) is 0. The lowest BCUT2D eigenvalue weighted by atomic mass is 10.1. The van der Waals surface area contributed by atoms with Gasteiger partial charge in [0.25, 0.3) is 6.43 Å². The molecule has 0 aliphatic rings. The molecule has 18 heavy (non-hydrogen) atoms. The summed E-state index contributed by atoms with van der Waals surface area (Å²) in [5.41, 5.74) is 2.64. The van der Waals surface area contributed by atoms with Crippen LogP contribution in [0.25, 0.3) is 0 Å². The molecule has 0 fully saturated rings. The zero-order valence-electron chi connectivity index (χ0n) is 11.1. The minimum Gasteiger partial charge on any atom is -0.471 e. The number of aryl methyl sites for hydroxylation is 2. The van der Waals surface area contributed by atoms with E-state index in [-0.39, 0.29) is 0 Å². The molecule has 0 saturated heterocycles. The van der Waals surface area contributed by atoms with Gasteiger partial charge < -0.3 is 10.1 Å². The number of rotatable bonds is 7. The number of alkyl halides is 2. The van der Waals surface area contributed by atoms with Gasteiger partial charge in [-0.3, -0.25) is 0 Å². The van der Waals surface area contributed by atoms with Crippen molar-refractivity contribution >= 4 is 0 Å². The Morgan fingerprint density at radius 3 is 2.72 bits per heavy atom. The van der Waals surface area contributed by atoms with E-state index >= 15 is 0 Å². The minimum absolute atomic E-state index is 0.316. The molecule has 1 aromatic heterocycles. The lowest BCUT2D eigenvalue weighted by molar-refractivity contribution is 0.0788. The van der Waals surface area contributed by atoms with Crippen molar-refractivity contribution in [2.75, 3.05) is 13.2 Å². The predicted octanol–water partition coefficient (Wildman–Crippen LogP) is 2.84. The average Bonchev–Trinajstić information content (AvgIpc) is 2.29. The van der Waals surface area contributed by atoms with Crippen LogP contribution >= 0.6 is 0 Å². The van der Waals surface area contributed by atoms with Crippen molar-refractivity contribution in [1.82, 2.24) is 10.3 Å². The van der Waals surface area contributed by atoms with Gasteiger partial charge >= 0.3 is 0 Å². The summed E-state index contributed by atoms with van der Waals surface area (Å²) in [6, 6.07) is 1.93. The number of nitrogens with one attached hydrogen (secondary N) is 1. The Labute approximate surface area is 107 Å². The van der Waals surface area contributed by atoms with Gasteiger partial charge in [-0.05, 0) is 38.4 Å². The highest BCUT2D eigenvalue weighted by Gasteiger charge is 2.12. The summed E-state index contributed by atoms with van der Waals surface area (Å²) in [5.74, 6) is 0.316. The van der Waals surface area contributed by atoms with E-state index in [1.165, 1.54) is 0 Å². The Morgan fingerprint density at radius 2 is 2.11 bits per heavy atom. The third-order valence-corrected chi connectivity index (χ3v) is 2.51. The fourth-order valence-corrected chi connectivity index (χ4v) is 1.70. The summed E-state index contributed by atoms with van der Waals surface area (Å²) in [6.07, 6.45) is -1.46. The molecule has 0 aliphatic heterocycles. The third-order valence-electron chi connectivity index (χ3n) is 2.51. The molecule has 1 aromatic rings. The highest BCUT2D eigenvalue weighted by molar-refractivity contribution is 5.35. The molecule has 3 nitrogen and oxygen atoms in total. The van der Waals surface area contributed by atoms with Crippen molar-refractivity contribution in [3.05, 3.63) is 22.9 Å². The molecule has 0 saturated carbocycles. The van der Waals surface area contributed by atoms with E-state index < -0.39 is 13.0 Å². The van der Waals surface area contributed by atoms with Crippen molar-refractivity contribution in [3.8, 4) is 5.88 Å². The van der Waals surface area contributed by atoms with E-state index in [2.05, 4.69) is 17.2 Å². The van der Waals surface area contributed by atoms with Gasteiger partial charge in [0.2, 0.25) is 5.88 Å². The maximum atomic E-state index is 12.2. The van der Waals surface area contributed by atoms with E-state index in [0.717, 1.165) is 29.8 Å². The zero-order valence-corrected chi connectivity index (χ0v) is 11.1. The summed E-state index contributed by atoms with van der Waals surface area (Å²) in [4.78, 5) is 4.19. The standard InChI is InChI=1S/C13H20F2N2O/c1-4-5-16-7-11-9(2)6-10(3)17-13(11)18-8-12(14)15/h6,12,16H,4-5,7-8H2,1-3H3. The van der Waals surface area contributed by atoms with E-state index in [0.29, 0.717) is 12.4 Å². The topological polar surface area (TPSA) is 34.2 Å². The maximum absolute atomic E-state index is 12.2. The molecular formula is C13H20F2N2O. The van der Waals surface area contributed by atoms with Crippen molar-refractivity contribution in [2.24, 2.45) is 0 Å². The first kappa shape index (κ1) is 14.8. The molecule has 102 valence electrons. The predicted molar refractivity (Wildman–Crippen MR) is 67.2 cm³/mol. The second-order valence-corrected chi connectivity index (χ2v) is 4.24. The Balaban J connectivity index is 2.83. The number of ether oxygens (including phenoxy) is 1. The molecule has 0 amide bonds. The number of aromatic nitrogens is 1. The van der Waals surface area contributed by atoms with Crippen molar-refractivity contribution in [2.45, 2.75) is 40.2 Å². The van der Waals surface area contributed by atoms with Crippen LogP contribution in [0.1, 0.15) is 30.2 Å². The molecule has 1 rings (SSSR count). The monoisotopic (exact) mass is 258 g/mol. The number of nitrogens with zero attached hydrogens (tertiary/aromatic N) is 1. The highest BCUT2D eigenvalue weighted by atomic mass is 19.3. The molecular weight excluding hydrogens is 238 g/mol. The summed E-state index contributed by atoms with van der Waals surface area (Å²) >= 11 is 0. The first-order chi connectivity index (χ1) is 8.54. The van der Waals surface area contributed by atoms with Gasteiger partial charge in [0.05, 0.1) is 0 Å². The van der Waals surface area contributed by atoms with Crippen LogP contribution in [0.15, 0.2) is 6.07 Å². The van der Waals surface area contributed by atoms with Crippen LogP contribution in [0.2, 0.25) is 0 Å². The lowest BCUT2D eigenvalue weighted by Gasteiger charge is -2.14. The third kappa shape index (κ3) is 4.56. The molecule has 5 heteroatoms. The molecule has 0 spiro atoms. The van der Waals surface area contributed by atoms with Crippen molar-refractivity contribution in [3.63, 3.8) is 0 Å². The quantitative estimate of drug-likeness (QED) is 0.764. The minimum atomic E-state index is -2.48. The van der Waals surface area contributed by atoms with Gasteiger partial charge in [-0.2, -0.15) is 0 Å². The zero-order chi connectivity index (χ0) is 13.5. The smallest absolute Gasteiger partial charge is 0.272 e. The molecule has 0 bridgehead atoms. The Morgan fingerprint density at radius 1 is 1.39 bits per heavy atom. The van der Waals surface area contributed by atoms with Crippen molar-refractivity contribution < 1.29 is 13.5 Å². The van der Waals surface area contributed by atoms with Crippen LogP contribution in [-0.4, -0.2) is 24.6 Å². The lowest BCUT2D eigenvalue weighted by Crippen LogP contribution is -2.17. The van der Waals surface area contributed by atoms with Gasteiger partial charge in [0.15, 0.2) is 6.61 Å². The second-order valence-electron chi connectivity index (χ2n) is 4.24. The van der Waals surface area contributed by atoms with Crippen LogP contribution in [0.3, 0.4) is 0 Å². The average molecular weight is 258 g/mol. The second kappa shape index (κ2) is 7.26. The summed E-state index contributed by atoms with van der Waals surface area (Å²) in [5, 5.41) is 3.23. The van der Waals surface area contributed by atoms with Crippen LogP contribution < -0.4 is 10.1 Å². The molecule has 0 aliphatic carbocycles. The van der Waals surface area contributed by atoms with Gasteiger partial charge in [-0.1, -0.05) is 6.92 Å². The summed E-state index contributed by atoms with van der Waals surface area (Å²) in [6.45, 7) is 6.68. The molecule has 1 heterocycles. The number of halogens is 2. The molecule has 1 N–H and O–H groups in total. The molecule has 0 radical (unpaired) electrons. The Kier molecular flexibility index (Phi) is 5.98. The van der Waals surface area contributed by atoms with E-state index in [1.807, 2.05) is 19.9 Å². The van der Waals surface area contributed by atoms with Crippen LogP contribution in [0.5, 0.6) is 5.88 Å². The van der Waals surface area contributed by atoms with E-state index in [9.17, 15) is 8.78 Å². The highest BCUT2D eigenvalue weighted by Crippen LogP contribution is 2.21. The maximum Gasteiger partial charge on any atom is 0.272 e. The summed E-state index contributed by atoms with van der Waals surface area (Å²) < 4.78 is 29.5. The molecule has 0 atom stereocenters. The normalized spacial score (nSPS) is 11.0. The fourth-order valence-electron chi connectivity index (χ4n) is 1.70. The fraction of sp³-hybridized carbons (Fsp3) is 0.615. The number of hydrogen-bond acceptors (Lipinski definition) is 3. The van der Waals surface area contributed by atoms with Crippen LogP contribution in [-0.2, 0) is 6.54 Å². The van der Waals surface area contributed by atoms with E-state index in [1.54, 1.807) is 0 Å². The number of pyridine rings is 1. The van der Waals surface area contributed by atoms with E-state index in [4.69, 9.17) is 4.74 Å². The van der Waals surface area contributed by atoms with Crippen molar-refractivity contribution in [1.29, 1.82) is 0 Å². The Bertz CT molecular complexity index is 383. The van der Waals surface area contributed by atoms with Gasteiger partial charge in [-0.25, -0.2) is 13.8 Å². The largest absolute Gasteiger partial charge is 0.471 e. The Hall–Kier alpha value is -1.23. The molecule has 0 unspecified atom stereocenters. The van der Waals surface area contributed by atoms with Gasteiger partial charge in [0, 0.05) is 17.8 Å². The SMILES string of the molecule is CCCNCc1c(C)cc(C)nc1OCC(F)F. The first-order valence-electron chi connectivity index (χ1n) is 6.13. The molecule has 0 aromatic carbocycles. The van der Waals surface area contributed by atoms with Crippen LogP contribution in [0, 0.1) is 13.8 Å². The first-order valence-corrected chi connectivity index (χ1v) is 6.13.